The van der Waals surface area contributed by atoms with E-state index in [1.807, 2.05) is 36.4 Å². The molecule has 0 radical (unpaired) electrons. The van der Waals surface area contributed by atoms with Crippen LogP contribution in [0, 0.1) is 0 Å². The number of anilines is 1. The van der Waals surface area contributed by atoms with Gasteiger partial charge in [-0.25, -0.2) is 4.79 Å². The molecule has 0 aliphatic rings. The number of nitrogens with one attached hydrogen (secondary N) is 3. The molecule has 6 nitrogen and oxygen atoms in total. The molecule has 0 unspecified atom stereocenters. The number of carbonyl (C=O) groups is 2. The van der Waals surface area contributed by atoms with Crippen molar-refractivity contribution < 1.29 is 14.3 Å². The van der Waals surface area contributed by atoms with Gasteiger partial charge < -0.3 is 20.7 Å². The van der Waals surface area contributed by atoms with Crippen molar-refractivity contribution in [2.24, 2.45) is 0 Å². The zero-order valence-electron chi connectivity index (χ0n) is 13.8. The monoisotopic (exact) mass is 327 g/mol. The van der Waals surface area contributed by atoms with Crippen LogP contribution >= 0.6 is 0 Å². The third-order valence-electron chi connectivity index (χ3n) is 3.32. The number of urea groups is 1. The first-order valence-electron chi connectivity index (χ1n) is 7.58. The number of ether oxygens (including phenoxy) is 1. The molecule has 2 aromatic rings. The minimum absolute atomic E-state index is 0.181. The average molecular weight is 327 g/mol. The van der Waals surface area contributed by atoms with Crippen LogP contribution in [0.15, 0.2) is 48.5 Å². The van der Waals surface area contributed by atoms with Gasteiger partial charge in [-0.2, -0.15) is 0 Å². The van der Waals surface area contributed by atoms with Gasteiger partial charge in [-0.05, 0) is 23.3 Å². The van der Waals surface area contributed by atoms with Gasteiger partial charge in [0.25, 0.3) is 0 Å². The van der Waals surface area contributed by atoms with Gasteiger partial charge in [-0.15, -0.1) is 0 Å². The SMILES string of the molecule is COc1ccc(CNC(=O)NCc2ccccc2)cc1NC(C)=O. The van der Waals surface area contributed by atoms with Gasteiger partial charge in [0.15, 0.2) is 0 Å². The standard InChI is InChI=1S/C18H21N3O3/c1-13(22)21-16-10-15(8-9-17(16)24-2)12-20-18(23)19-11-14-6-4-3-5-7-14/h3-10H,11-12H2,1-2H3,(H,21,22)(H2,19,20,23). The van der Waals surface area contributed by atoms with Crippen LogP contribution in [0.2, 0.25) is 0 Å². The summed E-state index contributed by atoms with van der Waals surface area (Å²) in [4.78, 5) is 23.1. The maximum Gasteiger partial charge on any atom is 0.315 e. The largest absolute Gasteiger partial charge is 0.495 e. The summed E-state index contributed by atoms with van der Waals surface area (Å²) in [5.41, 5.74) is 2.47. The second-order valence-corrected chi connectivity index (χ2v) is 5.24. The highest BCUT2D eigenvalue weighted by atomic mass is 16.5. The molecule has 3 N–H and O–H groups in total. The van der Waals surface area contributed by atoms with Crippen LogP contribution in [0.1, 0.15) is 18.1 Å². The molecule has 126 valence electrons. The molecule has 0 fully saturated rings. The minimum atomic E-state index is -0.254. The average Bonchev–Trinajstić information content (AvgIpc) is 2.58. The van der Waals surface area contributed by atoms with Gasteiger partial charge in [-0.1, -0.05) is 36.4 Å². The van der Waals surface area contributed by atoms with Crippen molar-refractivity contribution in [1.82, 2.24) is 10.6 Å². The van der Waals surface area contributed by atoms with Gasteiger partial charge >= 0.3 is 6.03 Å². The summed E-state index contributed by atoms with van der Waals surface area (Å²) in [5.74, 6) is 0.390. The van der Waals surface area contributed by atoms with Gasteiger partial charge in [-0.3, -0.25) is 4.79 Å². The number of carbonyl (C=O) groups excluding carboxylic acids is 2. The highest BCUT2D eigenvalue weighted by Gasteiger charge is 2.07. The molecule has 0 saturated carbocycles. The molecule has 3 amide bonds. The van der Waals surface area contributed by atoms with E-state index in [0.29, 0.717) is 24.5 Å². The number of amides is 3. The Hall–Kier alpha value is -3.02. The molecular weight excluding hydrogens is 306 g/mol. The maximum absolute atomic E-state index is 11.9. The lowest BCUT2D eigenvalue weighted by Crippen LogP contribution is -2.34. The molecule has 0 saturated heterocycles. The van der Waals surface area contributed by atoms with E-state index in [4.69, 9.17) is 4.74 Å². The van der Waals surface area contributed by atoms with Crippen molar-refractivity contribution in [1.29, 1.82) is 0 Å². The highest BCUT2D eigenvalue weighted by Crippen LogP contribution is 2.25. The first-order valence-corrected chi connectivity index (χ1v) is 7.58. The molecule has 0 spiro atoms. The summed E-state index contributed by atoms with van der Waals surface area (Å²) < 4.78 is 5.20. The van der Waals surface area contributed by atoms with Gasteiger partial charge in [0.2, 0.25) is 5.91 Å². The predicted molar refractivity (Wildman–Crippen MR) is 92.8 cm³/mol. The minimum Gasteiger partial charge on any atom is -0.495 e. The van der Waals surface area contributed by atoms with Crippen LogP contribution in [0.25, 0.3) is 0 Å². The van der Waals surface area contributed by atoms with Crippen molar-refractivity contribution in [3.8, 4) is 5.75 Å². The quantitative estimate of drug-likeness (QED) is 0.763. The third kappa shape index (κ3) is 5.31. The molecule has 2 aromatic carbocycles. The molecular formula is C18H21N3O3. The third-order valence-corrected chi connectivity index (χ3v) is 3.32. The Kier molecular flexibility index (Phi) is 6.19. The number of hydrogen-bond acceptors (Lipinski definition) is 3. The predicted octanol–water partition coefficient (Wildman–Crippen LogP) is 2.65. The molecule has 0 bridgehead atoms. The van der Waals surface area contributed by atoms with Crippen LogP contribution < -0.4 is 20.7 Å². The van der Waals surface area contributed by atoms with Crippen LogP contribution in [-0.2, 0) is 17.9 Å². The lowest BCUT2D eigenvalue weighted by Gasteiger charge is -2.12. The molecule has 0 heterocycles. The number of rotatable bonds is 6. The summed E-state index contributed by atoms with van der Waals surface area (Å²) in [6, 6.07) is 14.8. The highest BCUT2D eigenvalue weighted by molar-refractivity contribution is 5.90. The van der Waals surface area contributed by atoms with Gasteiger partial charge in [0.1, 0.15) is 5.75 Å². The summed E-state index contributed by atoms with van der Waals surface area (Å²) in [6.45, 7) is 2.24. The summed E-state index contributed by atoms with van der Waals surface area (Å²) in [6.07, 6.45) is 0. The number of hydrogen-bond donors (Lipinski definition) is 3. The van der Waals surface area contributed by atoms with Crippen molar-refractivity contribution in [2.75, 3.05) is 12.4 Å². The fourth-order valence-corrected chi connectivity index (χ4v) is 2.18. The Morgan fingerprint density at radius 2 is 1.62 bits per heavy atom. The van der Waals surface area contributed by atoms with Crippen molar-refractivity contribution in [2.45, 2.75) is 20.0 Å². The Balaban J connectivity index is 1.89. The Bertz CT molecular complexity index is 702. The van der Waals surface area contributed by atoms with E-state index >= 15 is 0 Å². The van der Waals surface area contributed by atoms with E-state index in [2.05, 4.69) is 16.0 Å². The summed E-state index contributed by atoms with van der Waals surface area (Å²) in [5, 5.41) is 8.28. The zero-order chi connectivity index (χ0) is 17.4. The van der Waals surface area contributed by atoms with Gasteiger partial charge in [0.05, 0.1) is 12.8 Å². The van der Waals surface area contributed by atoms with Crippen molar-refractivity contribution in [3.63, 3.8) is 0 Å². The molecule has 0 aliphatic heterocycles. The first kappa shape index (κ1) is 17.3. The van der Waals surface area contributed by atoms with Crippen molar-refractivity contribution >= 4 is 17.6 Å². The van der Waals surface area contributed by atoms with Crippen LogP contribution in [0.5, 0.6) is 5.75 Å². The number of methoxy groups -OCH3 is 1. The smallest absolute Gasteiger partial charge is 0.315 e. The normalized spacial score (nSPS) is 9.92. The fraction of sp³-hybridized carbons (Fsp3) is 0.222. The van der Waals surface area contributed by atoms with Crippen LogP contribution in [0.3, 0.4) is 0 Å². The molecule has 0 atom stereocenters. The van der Waals surface area contributed by atoms with E-state index in [1.165, 1.54) is 14.0 Å². The zero-order valence-corrected chi connectivity index (χ0v) is 13.8. The first-order chi connectivity index (χ1) is 11.6. The topological polar surface area (TPSA) is 79.5 Å². The molecule has 0 aromatic heterocycles. The molecule has 24 heavy (non-hydrogen) atoms. The Morgan fingerprint density at radius 1 is 0.958 bits per heavy atom. The van der Waals surface area contributed by atoms with Crippen LogP contribution in [0.4, 0.5) is 10.5 Å². The summed E-state index contributed by atoms with van der Waals surface area (Å²) in [7, 11) is 1.54. The van der Waals surface area contributed by atoms with E-state index in [1.54, 1.807) is 12.1 Å². The fourth-order valence-electron chi connectivity index (χ4n) is 2.18. The van der Waals surface area contributed by atoms with E-state index in [0.717, 1.165) is 11.1 Å². The van der Waals surface area contributed by atoms with Crippen LogP contribution in [-0.4, -0.2) is 19.0 Å². The van der Waals surface area contributed by atoms with E-state index in [9.17, 15) is 9.59 Å². The Morgan fingerprint density at radius 3 is 2.25 bits per heavy atom. The van der Waals surface area contributed by atoms with E-state index in [-0.39, 0.29) is 11.9 Å². The second kappa shape index (κ2) is 8.57. The van der Waals surface area contributed by atoms with Crippen molar-refractivity contribution in [3.05, 3.63) is 59.7 Å². The second-order valence-electron chi connectivity index (χ2n) is 5.24. The molecule has 6 heteroatoms. The van der Waals surface area contributed by atoms with Gasteiger partial charge in [0, 0.05) is 20.0 Å². The lowest BCUT2D eigenvalue weighted by atomic mass is 10.2. The number of benzene rings is 2. The molecule has 0 aliphatic carbocycles. The molecule has 2 rings (SSSR count). The lowest BCUT2D eigenvalue weighted by molar-refractivity contribution is -0.114. The Labute approximate surface area is 141 Å². The maximum atomic E-state index is 11.9. The summed E-state index contributed by atoms with van der Waals surface area (Å²) >= 11 is 0. The van der Waals surface area contributed by atoms with E-state index < -0.39 is 0 Å².